The summed E-state index contributed by atoms with van der Waals surface area (Å²) in [7, 11) is 1.57. The summed E-state index contributed by atoms with van der Waals surface area (Å²) in [4.78, 5) is 4.26. The fraction of sp³-hybridized carbons (Fsp3) is 0.0667. The Labute approximate surface area is 120 Å². The topological polar surface area (TPSA) is 76.9 Å². The largest absolute Gasteiger partial charge is 0.497 e. The molecule has 0 saturated carbocycles. The highest BCUT2D eigenvalue weighted by atomic mass is 19.1. The molecule has 0 fully saturated rings. The lowest BCUT2D eigenvalue weighted by atomic mass is 10.2. The van der Waals surface area contributed by atoms with Crippen LogP contribution in [-0.4, -0.2) is 16.7 Å². The Kier molecular flexibility index (Phi) is 2.95. The minimum Gasteiger partial charge on any atom is -0.497 e. The van der Waals surface area contributed by atoms with Gasteiger partial charge in [0.05, 0.1) is 29.4 Å². The number of nitrogens with two attached hydrogens (primary N) is 1. The highest BCUT2D eigenvalue weighted by Gasteiger charge is 2.12. The third-order valence-electron chi connectivity index (χ3n) is 3.22. The van der Waals surface area contributed by atoms with Gasteiger partial charge >= 0.3 is 0 Å². The molecule has 2 aromatic carbocycles. The van der Waals surface area contributed by atoms with Crippen molar-refractivity contribution in [1.29, 1.82) is 5.26 Å². The second-order valence-corrected chi connectivity index (χ2v) is 4.44. The molecule has 0 bridgehead atoms. The molecular weight excluding hydrogens is 271 g/mol. The lowest BCUT2D eigenvalue weighted by Gasteiger charge is -2.07. The van der Waals surface area contributed by atoms with Gasteiger partial charge in [-0.1, -0.05) is 0 Å². The zero-order chi connectivity index (χ0) is 15.0. The van der Waals surface area contributed by atoms with Crippen LogP contribution >= 0.6 is 0 Å². The van der Waals surface area contributed by atoms with Crippen molar-refractivity contribution in [2.45, 2.75) is 0 Å². The molecule has 0 aliphatic rings. The number of aromatic nitrogens is 2. The average molecular weight is 282 g/mol. The molecule has 0 radical (unpaired) electrons. The van der Waals surface area contributed by atoms with Gasteiger partial charge in [0, 0.05) is 6.07 Å². The Balaban J connectivity index is 2.25. The zero-order valence-corrected chi connectivity index (χ0v) is 11.2. The zero-order valence-electron chi connectivity index (χ0n) is 11.2. The van der Waals surface area contributed by atoms with Gasteiger partial charge < -0.3 is 10.5 Å². The third kappa shape index (κ3) is 2.05. The van der Waals surface area contributed by atoms with Crippen LogP contribution in [0.2, 0.25) is 0 Å². The first-order valence-corrected chi connectivity index (χ1v) is 6.16. The molecule has 6 heteroatoms. The van der Waals surface area contributed by atoms with E-state index in [4.69, 9.17) is 15.7 Å². The van der Waals surface area contributed by atoms with Crippen LogP contribution in [0.4, 0.5) is 10.3 Å². The summed E-state index contributed by atoms with van der Waals surface area (Å²) in [6.45, 7) is 0. The van der Waals surface area contributed by atoms with Crippen molar-refractivity contribution < 1.29 is 9.13 Å². The van der Waals surface area contributed by atoms with E-state index in [0.29, 0.717) is 17.0 Å². The van der Waals surface area contributed by atoms with Crippen LogP contribution in [0.15, 0.2) is 36.4 Å². The van der Waals surface area contributed by atoms with Crippen molar-refractivity contribution >= 4 is 17.0 Å². The van der Waals surface area contributed by atoms with Gasteiger partial charge in [-0.3, -0.25) is 4.57 Å². The lowest BCUT2D eigenvalue weighted by Crippen LogP contribution is -2.01. The molecule has 0 aliphatic heterocycles. The van der Waals surface area contributed by atoms with Crippen molar-refractivity contribution in [2.75, 3.05) is 12.8 Å². The minimum absolute atomic E-state index is 0.0396. The fourth-order valence-corrected chi connectivity index (χ4v) is 2.22. The van der Waals surface area contributed by atoms with E-state index >= 15 is 0 Å². The maximum absolute atomic E-state index is 13.4. The second-order valence-electron chi connectivity index (χ2n) is 4.44. The number of benzene rings is 2. The first-order chi connectivity index (χ1) is 10.1. The number of halogens is 1. The molecule has 0 aliphatic carbocycles. The highest BCUT2D eigenvalue weighted by Crippen LogP contribution is 2.27. The van der Waals surface area contributed by atoms with E-state index in [1.54, 1.807) is 29.9 Å². The summed E-state index contributed by atoms with van der Waals surface area (Å²) in [5.74, 6) is 0.364. The van der Waals surface area contributed by atoms with Gasteiger partial charge in [-0.15, -0.1) is 0 Å². The highest BCUT2D eigenvalue weighted by molar-refractivity contribution is 5.82. The Morgan fingerprint density at radius 2 is 2.10 bits per heavy atom. The molecule has 3 rings (SSSR count). The van der Waals surface area contributed by atoms with Gasteiger partial charge in [0.1, 0.15) is 17.6 Å². The molecule has 104 valence electrons. The van der Waals surface area contributed by atoms with Crippen molar-refractivity contribution in [3.63, 3.8) is 0 Å². The van der Waals surface area contributed by atoms with Gasteiger partial charge in [0.2, 0.25) is 5.95 Å². The molecule has 1 aromatic heterocycles. The normalized spacial score (nSPS) is 10.5. The van der Waals surface area contributed by atoms with E-state index in [1.807, 2.05) is 12.1 Å². The number of imidazole rings is 1. The second kappa shape index (κ2) is 4.80. The minimum atomic E-state index is -0.564. The van der Waals surface area contributed by atoms with Crippen LogP contribution in [0.3, 0.4) is 0 Å². The molecule has 0 saturated heterocycles. The van der Waals surface area contributed by atoms with E-state index in [2.05, 4.69) is 4.98 Å². The van der Waals surface area contributed by atoms with Crippen molar-refractivity contribution in [2.24, 2.45) is 0 Å². The third-order valence-corrected chi connectivity index (χ3v) is 3.22. The maximum Gasteiger partial charge on any atom is 0.205 e. The predicted molar refractivity (Wildman–Crippen MR) is 76.7 cm³/mol. The first-order valence-electron chi connectivity index (χ1n) is 6.16. The Morgan fingerprint density at radius 1 is 1.29 bits per heavy atom. The number of anilines is 1. The van der Waals surface area contributed by atoms with E-state index in [-0.39, 0.29) is 11.5 Å². The summed E-state index contributed by atoms with van der Waals surface area (Å²) < 4.78 is 20.2. The Bertz CT molecular complexity index is 879. The van der Waals surface area contributed by atoms with Gasteiger partial charge in [-0.25, -0.2) is 9.37 Å². The van der Waals surface area contributed by atoms with Crippen LogP contribution in [0.5, 0.6) is 5.75 Å². The number of nitrogens with zero attached hydrogens (tertiary/aromatic N) is 3. The summed E-state index contributed by atoms with van der Waals surface area (Å²) in [6, 6.07) is 11.4. The average Bonchev–Trinajstić information content (AvgIpc) is 2.82. The summed E-state index contributed by atoms with van der Waals surface area (Å²) in [6.07, 6.45) is 0. The van der Waals surface area contributed by atoms with Crippen molar-refractivity contribution in [3.8, 4) is 17.5 Å². The number of methoxy groups -OCH3 is 1. The van der Waals surface area contributed by atoms with Crippen LogP contribution in [0.1, 0.15) is 5.56 Å². The van der Waals surface area contributed by atoms with Crippen molar-refractivity contribution in [3.05, 3.63) is 47.8 Å². The molecule has 3 aromatic rings. The predicted octanol–water partition coefficient (Wildman–Crippen LogP) is 2.63. The van der Waals surface area contributed by atoms with Crippen molar-refractivity contribution in [1.82, 2.24) is 9.55 Å². The monoisotopic (exact) mass is 282 g/mol. The maximum atomic E-state index is 13.4. The molecule has 5 nitrogen and oxygen atoms in total. The molecular formula is C15H11FN4O. The fourth-order valence-electron chi connectivity index (χ4n) is 2.22. The SMILES string of the molecule is COc1ccc2c(c1)nc(N)n2-c1ccc(F)c(C#N)c1. The molecule has 0 atom stereocenters. The Morgan fingerprint density at radius 3 is 2.81 bits per heavy atom. The number of fused-ring (bicyclic) bond motifs is 1. The van der Waals surface area contributed by atoms with E-state index < -0.39 is 5.82 Å². The molecule has 1 heterocycles. The van der Waals surface area contributed by atoms with E-state index in [0.717, 1.165) is 5.52 Å². The molecule has 0 amide bonds. The molecule has 2 N–H and O–H groups in total. The van der Waals surface area contributed by atoms with Crippen LogP contribution in [-0.2, 0) is 0 Å². The quantitative estimate of drug-likeness (QED) is 0.783. The van der Waals surface area contributed by atoms with Gasteiger partial charge in [-0.05, 0) is 30.3 Å². The smallest absolute Gasteiger partial charge is 0.205 e. The summed E-state index contributed by atoms with van der Waals surface area (Å²) in [5.41, 5.74) is 7.90. The standard InChI is InChI=1S/C15H11FN4O/c1-21-11-3-5-14-13(7-11)19-15(18)20(14)10-2-4-12(16)9(6-10)8-17/h2-7H,1H3,(H2,18,19). The van der Waals surface area contributed by atoms with Gasteiger partial charge in [-0.2, -0.15) is 5.26 Å². The number of nitrogen functional groups attached to an aromatic ring is 1. The molecule has 0 spiro atoms. The van der Waals surface area contributed by atoms with Crippen LogP contribution in [0.25, 0.3) is 16.7 Å². The molecule has 21 heavy (non-hydrogen) atoms. The molecule has 0 unspecified atom stereocenters. The van der Waals surface area contributed by atoms with E-state index in [9.17, 15) is 4.39 Å². The number of ether oxygens (including phenoxy) is 1. The number of rotatable bonds is 2. The summed E-state index contributed by atoms with van der Waals surface area (Å²) in [5, 5.41) is 8.93. The van der Waals surface area contributed by atoms with Gasteiger partial charge in [0.15, 0.2) is 0 Å². The van der Waals surface area contributed by atoms with Crippen LogP contribution in [0, 0.1) is 17.1 Å². The lowest BCUT2D eigenvalue weighted by molar-refractivity contribution is 0.415. The number of hydrogen-bond donors (Lipinski definition) is 1. The van der Waals surface area contributed by atoms with Crippen LogP contribution < -0.4 is 10.5 Å². The van der Waals surface area contributed by atoms with E-state index in [1.165, 1.54) is 12.1 Å². The number of nitriles is 1. The number of hydrogen-bond acceptors (Lipinski definition) is 4. The first kappa shape index (κ1) is 12.9. The summed E-state index contributed by atoms with van der Waals surface area (Å²) >= 11 is 0. The Hall–Kier alpha value is -3.07. The van der Waals surface area contributed by atoms with Gasteiger partial charge in [0.25, 0.3) is 0 Å².